The van der Waals surface area contributed by atoms with Gasteiger partial charge in [-0.25, -0.2) is 0 Å². The Balaban J connectivity index is 2.35. The molecule has 0 aromatic carbocycles. The zero-order valence-corrected chi connectivity index (χ0v) is 5.67. The molecule has 0 saturated heterocycles. The Morgan fingerprint density at radius 1 is 1.56 bits per heavy atom. The van der Waals surface area contributed by atoms with Gasteiger partial charge in [-0.1, -0.05) is 0 Å². The van der Waals surface area contributed by atoms with Crippen LogP contribution >= 0.6 is 0 Å². The van der Waals surface area contributed by atoms with Gasteiger partial charge in [-0.2, -0.15) is 0 Å². The van der Waals surface area contributed by atoms with Crippen molar-refractivity contribution in [1.82, 2.24) is 5.32 Å². The van der Waals surface area contributed by atoms with Crippen molar-refractivity contribution in [2.75, 3.05) is 7.05 Å². The summed E-state index contributed by atoms with van der Waals surface area (Å²) in [6.07, 6.45) is 1.41. The number of hydrogen-bond donors (Lipinski definition) is 3. The number of rotatable bonds is 1. The highest BCUT2D eigenvalue weighted by atomic mass is 16.3. The van der Waals surface area contributed by atoms with Gasteiger partial charge in [0.25, 0.3) is 0 Å². The second kappa shape index (κ2) is 2.64. The van der Waals surface area contributed by atoms with Crippen molar-refractivity contribution in [2.45, 2.75) is 31.0 Å². The highest BCUT2D eigenvalue weighted by Gasteiger charge is 2.28. The summed E-state index contributed by atoms with van der Waals surface area (Å²) in [7, 11) is 1.90. The predicted octanol–water partition coefficient (Wildman–Crippen LogP) is -0.944. The fraction of sp³-hybridized carbons (Fsp3) is 1.00. The quantitative estimate of drug-likeness (QED) is 0.429. The van der Waals surface area contributed by atoms with E-state index in [0.717, 1.165) is 12.8 Å². The van der Waals surface area contributed by atoms with Gasteiger partial charge >= 0.3 is 0 Å². The van der Waals surface area contributed by atoms with E-state index in [2.05, 4.69) is 5.32 Å². The SMILES string of the molecule is CNC1CC(N)C(O)C1. The Morgan fingerprint density at radius 3 is 2.44 bits per heavy atom. The van der Waals surface area contributed by atoms with Crippen molar-refractivity contribution in [1.29, 1.82) is 0 Å². The molecule has 1 fully saturated rings. The van der Waals surface area contributed by atoms with E-state index in [1.54, 1.807) is 0 Å². The van der Waals surface area contributed by atoms with Crippen LogP contribution in [0.5, 0.6) is 0 Å². The lowest BCUT2D eigenvalue weighted by Gasteiger charge is -2.04. The van der Waals surface area contributed by atoms with E-state index in [9.17, 15) is 0 Å². The molecule has 3 heteroatoms. The lowest BCUT2D eigenvalue weighted by atomic mass is 10.2. The lowest BCUT2D eigenvalue weighted by molar-refractivity contribution is 0.163. The maximum absolute atomic E-state index is 9.13. The van der Waals surface area contributed by atoms with Crippen LogP contribution in [0.2, 0.25) is 0 Å². The standard InChI is InChI=1S/C6H14N2O/c1-8-4-2-5(7)6(9)3-4/h4-6,8-9H,2-3,7H2,1H3. The van der Waals surface area contributed by atoms with E-state index < -0.39 is 0 Å². The van der Waals surface area contributed by atoms with Crippen molar-refractivity contribution in [3.63, 3.8) is 0 Å². The molecule has 0 aromatic rings. The molecule has 1 saturated carbocycles. The Hall–Kier alpha value is -0.120. The van der Waals surface area contributed by atoms with Crippen LogP contribution in [0.1, 0.15) is 12.8 Å². The van der Waals surface area contributed by atoms with E-state index >= 15 is 0 Å². The summed E-state index contributed by atoms with van der Waals surface area (Å²) in [5.74, 6) is 0. The van der Waals surface area contributed by atoms with E-state index in [-0.39, 0.29) is 12.1 Å². The van der Waals surface area contributed by atoms with Gasteiger partial charge in [0.15, 0.2) is 0 Å². The maximum atomic E-state index is 9.13. The van der Waals surface area contributed by atoms with Gasteiger partial charge < -0.3 is 16.2 Å². The Labute approximate surface area is 55.2 Å². The van der Waals surface area contributed by atoms with E-state index in [1.165, 1.54) is 0 Å². The molecule has 54 valence electrons. The summed E-state index contributed by atoms with van der Waals surface area (Å²) in [5.41, 5.74) is 5.55. The van der Waals surface area contributed by atoms with Crippen LogP contribution in [0.3, 0.4) is 0 Å². The molecule has 0 spiro atoms. The molecule has 3 atom stereocenters. The first kappa shape index (κ1) is 6.99. The first-order valence-corrected chi connectivity index (χ1v) is 3.35. The van der Waals surface area contributed by atoms with Gasteiger partial charge in [-0.3, -0.25) is 0 Å². The Bertz CT molecular complexity index is 87.1. The summed E-state index contributed by atoms with van der Waals surface area (Å²) in [5, 5.41) is 12.2. The van der Waals surface area contributed by atoms with Crippen molar-refractivity contribution in [2.24, 2.45) is 5.73 Å². The number of hydrogen-bond acceptors (Lipinski definition) is 3. The van der Waals surface area contributed by atoms with Crippen LogP contribution in [-0.2, 0) is 0 Å². The van der Waals surface area contributed by atoms with Crippen molar-refractivity contribution in [3.05, 3.63) is 0 Å². The van der Waals surface area contributed by atoms with Gasteiger partial charge in [-0.15, -0.1) is 0 Å². The number of aliphatic hydroxyl groups excluding tert-OH is 1. The van der Waals surface area contributed by atoms with Crippen molar-refractivity contribution in [3.8, 4) is 0 Å². The summed E-state index contributed by atoms with van der Waals surface area (Å²) < 4.78 is 0. The monoisotopic (exact) mass is 130 g/mol. The second-order valence-corrected chi connectivity index (χ2v) is 2.69. The molecule has 0 heterocycles. The summed E-state index contributed by atoms with van der Waals surface area (Å²) in [6.45, 7) is 0. The molecule has 0 radical (unpaired) electrons. The largest absolute Gasteiger partial charge is 0.391 e. The molecule has 1 rings (SSSR count). The Morgan fingerprint density at radius 2 is 2.22 bits per heavy atom. The first-order chi connectivity index (χ1) is 4.24. The predicted molar refractivity (Wildman–Crippen MR) is 36.1 cm³/mol. The minimum Gasteiger partial charge on any atom is -0.391 e. The average Bonchev–Trinajstić information content (AvgIpc) is 2.13. The first-order valence-electron chi connectivity index (χ1n) is 3.35. The third-order valence-corrected chi connectivity index (χ3v) is 1.99. The van der Waals surface area contributed by atoms with Gasteiger partial charge in [0.1, 0.15) is 0 Å². The Kier molecular flexibility index (Phi) is 2.05. The topological polar surface area (TPSA) is 58.3 Å². The third-order valence-electron chi connectivity index (χ3n) is 1.99. The molecule has 3 unspecified atom stereocenters. The fourth-order valence-corrected chi connectivity index (χ4v) is 1.28. The van der Waals surface area contributed by atoms with Gasteiger partial charge in [-0.05, 0) is 19.9 Å². The van der Waals surface area contributed by atoms with Crippen molar-refractivity contribution >= 4 is 0 Å². The van der Waals surface area contributed by atoms with Crippen LogP contribution in [0.25, 0.3) is 0 Å². The van der Waals surface area contributed by atoms with Gasteiger partial charge in [0.2, 0.25) is 0 Å². The summed E-state index contributed by atoms with van der Waals surface area (Å²) in [6, 6.07) is 0.414. The molecule has 0 amide bonds. The van der Waals surface area contributed by atoms with Gasteiger partial charge in [0.05, 0.1) is 6.10 Å². The number of nitrogens with two attached hydrogens (primary N) is 1. The summed E-state index contributed by atoms with van der Waals surface area (Å²) >= 11 is 0. The minimum atomic E-state index is -0.289. The fourth-order valence-electron chi connectivity index (χ4n) is 1.28. The molecular weight excluding hydrogens is 116 g/mol. The van der Waals surface area contributed by atoms with Crippen LogP contribution in [0.15, 0.2) is 0 Å². The lowest BCUT2D eigenvalue weighted by Crippen LogP contribution is -2.28. The van der Waals surface area contributed by atoms with Crippen LogP contribution < -0.4 is 11.1 Å². The number of nitrogens with one attached hydrogen (secondary N) is 1. The molecule has 4 N–H and O–H groups in total. The zero-order valence-electron chi connectivity index (χ0n) is 5.67. The van der Waals surface area contributed by atoms with Crippen molar-refractivity contribution < 1.29 is 5.11 Å². The molecule has 1 aliphatic carbocycles. The smallest absolute Gasteiger partial charge is 0.0706 e. The third kappa shape index (κ3) is 1.41. The van der Waals surface area contributed by atoms with Crippen LogP contribution in [0.4, 0.5) is 0 Å². The van der Waals surface area contributed by atoms with E-state index in [0.29, 0.717) is 6.04 Å². The minimum absolute atomic E-state index is 0.0116. The molecule has 9 heavy (non-hydrogen) atoms. The number of aliphatic hydroxyl groups is 1. The molecule has 0 aromatic heterocycles. The zero-order chi connectivity index (χ0) is 6.85. The molecule has 0 bridgehead atoms. The second-order valence-electron chi connectivity index (χ2n) is 2.69. The summed E-state index contributed by atoms with van der Waals surface area (Å²) in [4.78, 5) is 0. The van der Waals surface area contributed by atoms with Crippen LogP contribution in [0, 0.1) is 0 Å². The molecule has 3 nitrogen and oxygen atoms in total. The highest BCUT2D eigenvalue weighted by molar-refractivity contribution is 4.88. The molecule has 1 aliphatic rings. The van der Waals surface area contributed by atoms with E-state index in [1.807, 2.05) is 7.05 Å². The maximum Gasteiger partial charge on any atom is 0.0706 e. The molecular formula is C6H14N2O. The average molecular weight is 130 g/mol. The van der Waals surface area contributed by atoms with E-state index in [4.69, 9.17) is 10.8 Å². The highest BCUT2D eigenvalue weighted by Crippen LogP contribution is 2.17. The van der Waals surface area contributed by atoms with Crippen LogP contribution in [-0.4, -0.2) is 30.3 Å². The normalized spacial score (nSPS) is 43.7. The molecule has 0 aliphatic heterocycles. The van der Waals surface area contributed by atoms with Gasteiger partial charge in [0, 0.05) is 12.1 Å².